The molecule has 0 aliphatic heterocycles. The van der Waals surface area contributed by atoms with Gasteiger partial charge in [-0.15, -0.1) is 0 Å². The van der Waals surface area contributed by atoms with E-state index in [0.717, 1.165) is 58.9 Å². The fourth-order valence-corrected chi connectivity index (χ4v) is 7.94. The van der Waals surface area contributed by atoms with E-state index in [1.807, 2.05) is 153 Å². The number of pyridine rings is 5. The minimum absolute atomic E-state index is 0.00321. The fraction of sp³-hybridized carbons (Fsp3) is 0.113. The molecule has 89 heavy (non-hydrogen) atoms. The molecule has 0 unspecified atom stereocenters. The summed E-state index contributed by atoms with van der Waals surface area (Å²) in [6.07, 6.45) is 6.29. The first kappa shape index (κ1) is 68.9. The van der Waals surface area contributed by atoms with Crippen molar-refractivity contribution in [1.29, 1.82) is 0 Å². The molecule has 0 atom stereocenters. The molecule has 0 amide bonds. The summed E-state index contributed by atoms with van der Waals surface area (Å²) < 4.78 is 0. The summed E-state index contributed by atoms with van der Waals surface area (Å²) in [4.78, 5) is 59.6. The summed E-state index contributed by atoms with van der Waals surface area (Å²) in [5.41, 5.74) is 26.4. The summed E-state index contributed by atoms with van der Waals surface area (Å²) in [7, 11) is 0. The van der Waals surface area contributed by atoms with E-state index >= 15 is 0 Å². The summed E-state index contributed by atoms with van der Waals surface area (Å²) in [6.45, 7) is 6.69. The van der Waals surface area contributed by atoms with Crippen LogP contribution < -0.4 is 38.5 Å². The zero-order valence-electron chi connectivity index (χ0n) is 47.9. The van der Waals surface area contributed by atoms with Crippen LogP contribution in [0.3, 0.4) is 0 Å². The first-order chi connectivity index (χ1) is 42.8. The van der Waals surface area contributed by atoms with Crippen LogP contribution in [0.15, 0.2) is 213 Å². The lowest BCUT2D eigenvalue weighted by molar-refractivity contribution is -0.385. The summed E-state index contributed by atoms with van der Waals surface area (Å²) in [5.74, 6) is 0.246. The number of benzene rings is 5. The maximum atomic E-state index is 10.9. The molecule has 5 aromatic heterocycles. The Morgan fingerprint density at radius 3 is 1.06 bits per heavy atom. The monoisotopic (exact) mass is 1260 g/mol. The Balaban J connectivity index is 0.000000198. The zero-order chi connectivity index (χ0) is 64.5. The van der Waals surface area contributed by atoms with Gasteiger partial charge in [-0.25, -0.2) is 15.0 Å². The van der Waals surface area contributed by atoms with Crippen LogP contribution in [0.4, 0.5) is 57.0 Å². The third kappa shape index (κ3) is 24.9. The van der Waals surface area contributed by atoms with Crippen molar-refractivity contribution < 1.29 is 19.7 Å². The maximum absolute atomic E-state index is 10.9. The Morgan fingerprint density at radius 1 is 0.382 bits per heavy atom. The molecule has 10 rings (SSSR count). The minimum atomic E-state index is -0.619. The van der Waals surface area contributed by atoms with E-state index in [1.165, 1.54) is 35.5 Å². The Hall–Kier alpha value is -10.9. The molecule has 0 saturated carbocycles. The van der Waals surface area contributed by atoms with Gasteiger partial charge in [-0.1, -0.05) is 186 Å². The molecule has 0 aliphatic carbocycles. The third-order valence-corrected chi connectivity index (χ3v) is 12.5. The van der Waals surface area contributed by atoms with Gasteiger partial charge in [-0.3, -0.25) is 50.4 Å². The average molecular weight is 1260 g/mol. The van der Waals surface area contributed by atoms with Gasteiger partial charge in [-0.2, -0.15) is 0 Å². The van der Waals surface area contributed by atoms with Gasteiger partial charge in [0.25, 0.3) is 0 Å². The van der Waals surface area contributed by atoms with Gasteiger partial charge in [0.15, 0.2) is 0 Å². The van der Waals surface area contributed by atoms with E-state index in [0.29, 0.717) is 48.9 Å². The Labute approximate surface area is 526 Å². The van der Waals surface area contributed by atoms with Gasteiger partial charge in [0.2, 0.25) is 0 Å². The molecule has 458 valence electrons. The smallest absolute Gasteiger partial charge is 0.310 e. The quantitative estimate of drug-likeness (QED) is 0.0253. The van der Waals surface area contributed by atoms with Crippen molar-refractivity contribution >= 4 is 91.8 Å². The standard InChI is InChI=1S/C13H13N3O2.C13H15N3.C12H10ClN3O2.C12H12N4O2.C7H9N.C5H2Cl2N2O2/c1-10-7-12(13(9-14-10)16(17)18)15-8-11-5-3-2-4-6-11;1-10-7-13(12(14)9-15-10)16-8-11-5-3-2-4-6-11;2*13-12-6-10(11(8-15-12)16(17)18)14-7-9-4-2-1-3-5-9;8-6-7-4-2-1-3-5-7;6-3-1-5(7)8-2-4(3)9(10)11/h2-7,9H,8H2,1H3,(H,14,15);2-7,9H,8,14H2,1H3,(H,15,16);1-6,8H,7H2,(H,14,15);1-6,8H,7H2,(H3,13,14,15);1-5H,6,8H2;1-2H. The van der Waals surface area contributed by atoms with E-state index in [-0.39, 0.29) is 43.9 Å². The van der Waals surface area contributed by atoms with Gasteiger partial charge in [0.1, 0.15) is 63.0 Å². The van der Waals surface area contributed by atoms with Crippen LogP contribution in [0.25, 0.3) is 0 Å². The number of nitrogens with zero attached hydrogens (tertiary/aromatic N) is 9. The number of hydrogen-bond acceptors (Lipinski definition) is 20. The predicted octanol–water partition coefficient (Wildman–Crippen LogP) is 14.4. The van der Waals surface area contributed by atoms with Crippen molar-refractivity contribution in [2.75, 3.05) is 32.7 Å². The molecule has 0 fully saturated rings. The minimum Gasteiger partial charge on any atom is -0.396 e. The first-order valence-electron chi connectivity index (χ1n) is 26.6. The van der Waals surface area contributed by atoms with Crippen LogP contribution in [-0.2, 0) is 32.7 Å². The van der Waals surface area contributed by atoms with Gasteiger partial charge in [0.05, 0.1) is 37.3 Å². The Kier molecular flexibility index (Phi) is 28.5. The molecule has 0 bridgehead atoms. The highest BCUT2D eigenvalue weighted by Crippen LogP contribution is 2.29. The molecule has 27 heteroatoms. The number of nitrogen functional groups attached to an aromatic ring is 2. The number of nitrogens with one attached hydrogen (secondary N) is 4. The lowest BCUT2D eigenvalue weighted by Gasteiger charge is -2.09. The second-order valence-corrected chi connectivity index (χ2v) is 19.6. The molecule has 5 heterocycles. The van der Waals surface area contributed by atoms with Crippen LogP contribution in [0.1, 0.15) is 39.2 Å². The molecule has 24 nitrogen and oxygen atoms in total. The highest BCUT2D eigenvalue weighted by atomic mass is 35.5. The van der Waals surface area contributed by atoms with E-state index < -0.39 is 19.7 Å². The van der Waals surface area contributed by atoms with Crippen LogP contribution in [0.5, 0.6) is 0 Å². The zero-order valence-corrected chi connectivity index (χ0v) is 50.2. The summed E-state index contributed by atoms with van der Waals surface area (Å²) in [5, 5.41) is 55.4. The molecule has 0 spiro atoms. The molecule has 10 aromatic rings. The number of nitro groups is 4. The van der Waals surface area contributed by atoms with Gasteiger partial charge >= 0.3 is 22.7 Å². The highest BCUT2D eigenvalue weighted by Gasteiger charge is 2.17. The fourth-order valence-electron chi connectivity index (χ4n) is 7.35. The van der Waals surface area contributed by atoms with Crippen LogP contribution in [0, 0.1) is 54.3 Å². The molecule has 0 radical (unpaired) electrons. The second kappa shape index (κ2) is 36.8. The van der Waals surface area contributed by atoms with Gasteiger partial charge in [-0.05, 0) is 53.8 Å². The van der Waals surface area contributed by atoms with E-state index in [2.05, 4.69) is 58.3 Å². The van der Waals surface area contributed by atoms with Crippen molar-refractivity contribution in [3.63, 3.8) is 0 Å². The number of halogens is 3. The topological polar surface area (TPSA) is 363 Å². The number of nitrogens with two attached hydrogens (primary N) is 3. The van der Waals surface area contributed by atoms with Crippen LogP contribution >= 0.6 is 34.8 Å². The Morgan fingerprint density at radius 2 is 0.685 bits per heavy atom. The molecule has 10 N–H and O–H groups in total. The lowest BCUT2D eigenvalue weighted by Crippen LogP contribution is -2.04. The van der Waals surface area contributed by atoms with Crippen LogP contribution in [0.2, 0.25) is 15.3 Å². The van der Waals surface area contributed by atoms with Crippen molar-refractivity contribution in [1.82, 2.24) is 24.9 Å². The normalized spacial score (nSPS) is 9.91. The highest BCUT2D eigenvalue weighted by molar-refractivity contribution is 6.35. The summed E-state index contributed by atoms with van der Waals surface area (Å²) in [6, 6.07) is 56.9. The molecule has 5 aromatic carbocycles. The first-order valence-corrected chi connectivity index (χ1v) is 27.8. The number of aromatic nitrogens is 5. The van der Waals surface area contributed by atoms with Gasteiger partial charge < -0.3 is 38.5 Å². The number of rotatable bonds is 17. The van der Waals surface area contributed by atoms with Crippen molar-refractivity contribution in [3.05, 3.63) is 308 Å². The number of aryl methyl sites for hydroxylation is 2. The van der Waals surface area contributed by atoms with Gasteiger partial charge in [0, 0.05) is 62.3 Å². The van der Waals surface area contributed by atoms with Crippen molar-refractivity contribution in [2.24, 2.45) is 5.73 Å². The maximum Gasteiger partial charge on any atom is 0.310 e. The van der Waals surface area contributed by atoms with E-state index in [4.69, 9.17) is 52.0 Å². The predicted molar refractivity (Wildman–Crippen MR) is 351 cm³/mol. The number of anilines is 6. The Bertz CT molecular complexity index is 3610. The van der Waals surface area contributed by atoms with Crippen molar-refractivity contribution in [2.45, 2.75) is 46.6 Å². The SMILES string of the molecule is Cc1cc(NCc2ccccc2)c(N)cn1.Cc1cc(NCc2ccccc2)c([N+](=O)[O-])cn1.NCc1ccccc1.Nc1cc(NCc2ccccc2)c([N+](=O)[O-])cn1.O=[N+]([O-])c1cnc(Cl)cc1Cl.O=[N+]([O-])c1cnc(Cl)cc1NCc1ccccc1. The molecule has 0 saturated heterocycles. The molecule has 0 aliphatic rings. The molecular formula is C62H61Cl3N16O8. The van der Waals surface area contributed by atoms with E-state index in [9.17, 15) is 40.5 Å². The largest absolute Gasteiger partial charge is 0.396 e. The summed E-state index contributed by atoms with van der Waals surface area (Å²) >= 11 is 16.6. The van der Waals surface area contributed by atoms with Crippen molar-refractivity contribution in [3.8, 4) is 0 Å². The lowest BCUT2D eigenvalue weighted by atomic mass is 10.2. The number of hydrogen-bond donors (Lipinski definition) is 7. The van der Waals surface area contributed by atoms with E-state index in [1.54, 1.807) is 19.2 Å². The third-order valence-electron chi connectivity index (χ3n) is 11.8. The second-order valence-electron chi connectivity index (χ2n) is 18.4. The van der Waals surface area contributed by atoms with Crippen LogP contribution in [-0.4, -0.2) is 44.6 Å². The average Bonchev–Trinajstić information content (AvgIpc) is 3.60. The molecular weight excluding hydrogens is 1200 g/mol.